The molecule has 4 nitrogen and oxygen atoms in total. The second-order valence-corrected chi connectivity index (χ2v) is 4.91. The van der Waals surface area contributed by atoms with Crippen LogP contribution in [0.1, 0.15) is 5.69 Å². The molecule has 1 aromatic heterocycles. The molecule has 16 heavy (non-hydrogen) atoms. The van der Waals surface area contributed by atoms with Gasteiger partial charge in [-0.05, 0) is 6.07 Å². The molecule has 0 aliphatic carbocycles. The molecule has 0 bridgehead atoms. The van der Waals surface area contributed by atoms with E-state index in [2.05, 4.69) is 10.2 Å². The average Bonchev–Trinajstić information content (AvgIpc) is 2.21. The van der Waals surface area contributed by atoms with E-state index in [9.17, 15) is 12.3 Å². The second-order valence-electron chi connectivity index (χ2n) is 3.16. The highest BCUT2D eigenvalue weighted by atomic mass is 35.5. The summed E-state index contributed by atoms with van der Waals surface area (Å²) in [5.74, 6) is -0.857. The van der Waals surface area contributed by atoms with Gasteiger partial charge in [-0.2, -0.15) is 18.6 Å². The van der Waals surface area contributed by atoms with Crippen LogP contribution in [0.15, 0.2) is 24.3 Å². The Labute approximate surface area is 96.3 Å². The van der Waals surface area contributed by atoms with E-state index in [0.717, 1.165) is 0 Å². The van der Waals surface area contributed by atoms with Crippen LogP contribution in [0.4, 0.5) is 3.89 Å². The molecule has 0 N–H and O–H groups in total. The van der Waals surface area contributed by atoms with Crippen molar-refractivity contribution in [1.82, 2.24) is 10.2 Å². The molecule has 0 fully saturated rings. The summed E-state index contributed by atoms with van der Waals surface area (Å²) in [6, 6.07) is 6.82. The Balaban J connectivity index is 2.61. The first-order valence-corrected chi connectivity index (χ1v) is 6.22. The Morgan fingerprint density at radius 2 is 1.94 bits per heavy atom. The lowest BCUT2D eigenvalue weighted by Crippen LogP contribution is -2.02. The van der Waals surface area contributed by atoms with Gasteiger partial charge in [0, 0.05) is 5.39 Å². The first-order chi connectivity index (χ1) is 7.47. The highest BCUT2D eigenvalue weighted by molar-refractivity contribution is 7.85. The Kier molecular flexibility index (Phi) is 2.77. The van der Waals surface area contributed by atoms with Crippen LogP contribution in [0, 0.1) is 0 Å². The first-order valence-electron chi connectivity index (χ1n) is 4.29. The zero-order valence-electron chi connectivity index (χ0n) is 7.89. The van der Waals surface area contributed by atoms with Crippen LogP contribution in [0.25, 0.3) is 10.9 Å². The van der Waals surface area contributed by atoms with Crippen molar-refractivity contribution in [3.05, 3.63) is 35.0 Å². The lowest BCUT2D eigenvalue weighted by atomic mass is 10.2. The number of hydrogen-bond donors (Lipinski definition) is 0. The van der Waals surface area contributed by atoms with Gasteiger partial charge in [0.05, 0.1) is 10.5 Å². The molecule has 0 saturated heterocycles. The van der Waals surface area contributed by atoms with Gasteiger partial charge in [0.15, 0.2) is 0 Å². The van der Waals surface area contributed by atoms with Gasteiger partial charge in [0.2, 0.25) is 0 Å². The molecule has 0 aliphatic rings. The molecule has 0 saturated carbocycles. The minimum absolute atomic E-state index is 0.0807. The molecular formula is C9H6ClFN2O2S. The van der Waals surface area contributed by atoms with Gasteiger partial charge in [-0.3, -0.25) is 0 Å². The molecule has 0 atom stereocenters. The normalized spacial score (nSPS) is 11.9. The zero-order valence-corrected chi connectivity index (χ0v) is 9.46. The van der Waals surface area contributed by atoms with Gasteiger partial charge in [0.25, 0.3) is 0 Å². The Bertz CT molecular complexity index is 645. The van der Waals surface area contributed by atoms with E-state index in [0.29, 0.717) is 10.9 Å². The first kappa shape index (κ1) is 11.2. The molecule has 0 aliphatic heterocycles. The average molecular weight is 261 g/mol. The minimum Gasteiger partial charge on any atom is -0.194 e. The number of benzene rings is 1. The monoisotopic (exact) mass is 260 g/mol. The van der Waals surface area contributed by atoms with Crippen LogP contribution in [0.3, 0.4) is 0 Å². The summed E-state index contributed by atoms with van der Waals surface area (Å²) in [6.45, 7) is 0. The lowest BCUT2D eigenvalue weighted by Gasteiger charge is -2.02. The number of aromatic nitrogens is 2. The summed E-state index contributed by atoms with van der Waals surface area (Å²) >= 11 is 5.91. The van der Waals surface area contributed by atoms with Crippen molar-refractivity contribution in [3.63, 3.8) is 0 Å². The SMILES string of the molecule is O=S(=O)(F)Cc1nnc2ccccc2c1Cl. The van der Waals surface area contributed by atoms with Crippen molar-refractivity contribution in [2.45, 2.75) is 5.75 Å². The smallest absolute Gasteiger partial charge is 0.194 e. The maximum absolute atomic E-state index is 12.5. The van der Waals surface area contributed by atoms with Crippen molar-refractivity contribution in [2.24, 2.45) is 0 Å². The summed E-state index contributed by atoms with van der Waals surface area (Å²) in [5.41, 5.74) is 0.454. The van der Waals surface area contributed by atoms with E-state index in [4.69, 9.17) is 11.6 Å². The molecular weight excluding hydrogens is 255 g/mol. The van der Waals surface area contributed by atoms with Crippen molar-refractivity contribution in [1.29, 1.82) is 0 Å². The number of rotatable bonds is 2. The van der Waals surface area contributed by atoms with E-state index in [1.54, 1.807) is 24.3 Å². The molecule has 0 radical (unpaired) electrons. The lowest BCUT2D eigenvalue weighted by molar-refractivity contribution is 0.550. The maximum atomic E-state index is 12.5. The van der Waals surface area contributed by atoms with Gasteiger partial charge in [-0.15, -0.1) is 3.89 Å². The van der Waals surface area contributed by atoms with Crippen LogP contribution in [0.5, 0.6) is 0 Å². The quantitative estimate of drug-likeness (QED) is 0.776. The Hall–Kier alpha value is -1.27. The van der Waals surface area contributed by atoms with E-state index in [1.807, 2.05) is 0 Å². The van der Waals surface area contributed by atoms with Crippen molar-refractivity contribution in [2.75, 3.05) is 0 Å². The molecule has 2 aromatic rings. The molecule has 1 aromatic carbocycles. The molecule has 84 valence electrons. The van der Waals surface area contributed by atoms with Gasteiger partial charge in [-0.25, -0.2) is 0 Å². The summed E-state index contributed by atoms with van der Waals surface area (Å²) < 4.78 is 33.5. The molecule has 0 spiro atoms. The molecule has 7 heteroatoms. The summed E-state index contributed by atoms with van der Waals surface area (Å²) in [6.07, 6.45) is 0. The number of nitrogens with zero attached hydrogens (tertiary/aromatic N) is 2. The Morgan fingerprint density at radius 1 is 1.25 bits per heavy atom. The summed E-state index contributed by atoms with van der Waals surface area (Å²) in [7, 11) is -4.66. The van der Waals surface area contributed by atoms with Gasteiger partial charge < -0.3 is 0 Å². The predicted octanol–water partition coefficient (Wildman–Crippen LogP) is 2.08. The topological polar surface area (TPSA) is 59.9 Å². The molecule has 0 unspecified atom stereocenters. The fourth-order valence-electron chi connectivity index (χ4n) is 1.32. The van der Waals surface area contributed by atoms with Crippen molar-refractivity contribution in [3.8, 4) is 0 Å². The Morgan fingerprint density at radius 3 is 2.62 bits per heavy atom. The van der Waals surface area contributed by atoms with Crippen LogP contribution in [0.2, 0.25) is 5.02 Å². The maximum Gasteiger partial charge on any atom is 0.308 e. The molecule has 0 amide bonds. The number of halogens is 2. The highest BCUT2D eigenvalue weighted by Gasteiger charge is 2.16. The third-order valence-corrected chi connectivity index (χ3v) is 3.02. The van der Waals surface area contributed by atoms with Crippen LogP contribution < -0.4 is 0 Å². The fraction of sp³-hybridized carbons (Fsp3) is 0.111. The van der Waals surface area contributed by atoms with Gasteiger partial charge in [-0.1, -0.05) is 29.8 Å². The summed E-state index contributed by atoms with van der Waals surface area (Å²) in [5, 5.41) is 8.02. The van der Waals surface area contributed by atoms with E-state index in [1.165, 1.54) is 0 Å². The van der Waals surface area contributed by atoms with Gasteiger partial charge >= 0.3 is 10.2 Å². The fourth-order valence-corrected chi connectivity index (χ4v) is 2.19. The van der Waals surface area contributed by atoms with Crippen molar-refractivity contribution < 1.29 is 12.3 Å². The van der Waals surface area contributed by atoms with E-state index >= 15 is 0 Å². The second kappa shape index (κ2) is 3.95. The standard InChI is InChI=1S/C9H6ClFN2O2S/c10-9-6-3-1-2-4-7(6)12-13-8(9)5-16(11,14)15/h1-4H,5H2. The van der Waals surface area contributed by atoms with Crippen LogP contribution >= 0.6 is 11.6 Å². The molecule has 2 rings (SSSR count). The third kappa shape index (κ3) is 2.28. The summed E-state index contributed by atoms with van der Waals surface area (Å²) in [4.78, 5) is 0. The van der Waals surface area contributed by atoms with Crippen LogP contribution in [-0.2, 0) is 16.0 Å². The van der Waals surface area contributed by atoms with Crippen molar-refractivity contribution >= 4 is 32.7 Å². The molecule has 1 heterocycles. The largest absolute Gasteiger partial charge is 0.308 e. The minimum atomic E-state index is -4.66. The van der Waals surface area contributed by atoms with Gasteiger partial charge in [0.1, 0.15) is 11.4 Å². The number of fused-ring (bicyclic) bond motifs is 1. The highest BCUT2D eigenvalue weighted by Crippen LogP contribution is 2.25. The van der Waals surface area contributed by atoms with Crippen LogP contribution in [-0.4, -0.2) is 18.6 Å². The van der Waals surface area contributed by atoms with E-state index < -0.39 is 16.0 Å². The zero-order chi connectivity index (χ0) is 11.8. The number of hydrogen-bond acceptors (Lipinski definition) is 4. The third-order valence-electron chi connectivity index (χ3n) is 1.98. The predicted molar refractivity (Wildman–Crippen MR) is 58.3 cm³/mol. The van der Waals surface area contributed by atoms with E-state index in [-0.39, 0.29) is 10.7 Å².